The zero-order valence-corrected chi connectivity index (χ0v) is 11.1. The Labute approximate surface area is 109 Å². The van der Waals surface area contributed by atoms with Crippen molar-refractivity contribution in [1.29, 1.82) is 0 Å². The van der Waals surface area contributed by atoms with Gasteiger partial charge in [-0.3, -0.25) is 4.79 Å². The van der Waals surface area contributed by atoms with Crippen LogP contribution < -0.4 is 11.1 Å². The summed E-state index contributed by atoms with van der Waals surface area (Å²) >= 11 is 0. The van der Waals surface area contributed by atoms with Gasteiger partial charge in [-0.1, -0.05) is 38.1 Å². The third-order valence-electron chi connectivity index (χ3n) is 3.48. The van der Waals surface area contributed by atoms with Crippen LogP contribution in [-0.2, 0) is 4.79 Å². The van der Waals surface area contributed by atoms with Gasteiger partial charge in [0.25, 0.3) is 0 Å². The van der Waals surface area contributed by atoms with E-state index in [4.69, 9.17) is 5.73 Å². The fourth-order valence-corrected chi connectivity index (χ4v) is 1.95. The Hall–Kier alpha value is -1.35. The van der Waals surface area contributed by atoms with Crippen molar-refractivity contribution in [2.45, 2.75) is 38.6 Å². The van der Waals surface area contributed by atoms with E-state index in [2.05, 4.69) is 43.4 Å². The predicted molar refractivity (Wildman–Crippen MR) is 73.2 cm³/mol. The van der Waals surface area contributed by atoms with Gasteiger partial charge in [0.05, 0.1) is 0 Å². The van der Waals surface area contributed by atoms with E-state index < -0.39 is 0 Å². The van der Waals surface area contributed by atoms with Gasteiger partial charge in [-0.15, -0.1) is 0 Å². The molecule has 1 aromatic carbocycles. The molecule has 1 unspecified atom stereocenters. The number of amides is 1. The van der Waals surface area contributed by atoms with Gasteiger partial charge in [-0.05, 0) is 29.9 Å². The van der Waals surface area contributed by atoms with Crippen LogP contribution in [0.3, 0.4) is 0 Å². The summed E-state index contributed by atoms with van der Waals surface area (Å²) in [6, 6.07) is 8.23. The zero-order chi connectivity index (χ0) is 13.1. The second-order valence-electron chi connectivity index (χ2n) is 5.45. The van der Waals surface area contributed by atoms with Crippen LogP contribution in [0.25, 0.3) is 0 Å². The van der Waals surface area contributed by atoms with Gasteiger partial charge in [0.15, 0.2) is 0 Å². The Balaban J connectivity index is 1.87. The Bertz CT molecular complexity index is 407. The topological polar surface area (TPSA) is 55.1 Å². The smallest absolute Gasteiger partial charge is 0.223 e. The Kier molecular flexibility index (Phi) is 4.02. The van der Waals surface area contributed by atoms with Gasteiger partial charge in [0.2, 0.25) is 5.91 Å². The molecule has 18 heavy (non-hydrogen) atoms. The van der Waals surface area contributed by atoms with E-state index in [1.807, 2.05) is 0 Å². The lowest BCUT2D eigenvalue weighted by atomic mass is 9.99. The largest absolute Gasteiger partial charge is 0.354 e. The highest BCUT2D eigenvalue weighted by atomic mass is 16.2. The van der Waals surface area contributed by atoms with Gasteiger partial charge in [0, 0.05) is 18.5 Å². The highest BCUT2D eigenvalue weighted by Crippen LogP contribution is 2.28. The molecule has 0 spiro atoms. The van der Waals surface area contributed by atoms with Crippen molar-refractivity contribution in [3.63, 3.8) is 0 Å². The number of nitrogens with one attached hydrogen (secondary N) is 1. The second kappa shape index (κ2) is 5.53. The summed E-state index contributed by atoms with van der Waals surface area (Å²) in [5, 5.41) is 2.92. The Morgan fingerprint density at radius 2 is 1.83 bits per heavy atom. The van der Waals surface area contributed by atoms with E-state index in [1.54, 1.807) is 0 Å². The lowest BCUT2D eigenvalue weighted by molar-refractivity contribution is -0.122. The normalized spacial score (nSPS) is 16.7. The highest BCUT2D eigenvalue weighted by Gasteiger charge is 2.29. The highest BCUT2D eigenvalue weighted by molar-refractivity contribution is 5.80. The van der Waals surface area contributed by atoms with E-state index in [9.17, 15) is 4.79 Å². The lowest BCUT2D eigenvalue weighted by Gasteiger charge is -2.14. The molecule has 1 fully saturated rings. The zero-order valence-electron chi connectivity index (χ0n) is 11.1. The molecule has 3 nitrogen and oxygen atoms in total. The van der Waals surface area contributed by atoms with Crippen molar-refractivity contribution in [2.75, 3.05) is 6.54 Å². The van der Waals surface area contributed by atoms with Crippen molar-refractivity contribution in [2.24, 2.45) is 11.7 Å². The molecule has 0 aliphatic heterocycles. The third kappa shape index (κ3) is 3.33. The van der Waals surface area contributed by atoms with Crippen molar-refractivity contribution in [3.8, 4) is 0 Å². The van der Waals surface area contributed by atoms with Crippen molar-refractivity contribution in [3.05, 3.63) is 35.4 Å². The number of carbonyl (C=O) groups is 1. The SMILES string of the molecule is CC(C)c1ccc(C(N)CNC(=O)C2CC2)cc1. The molecule has 98 valence electrons. The van der Waals surface area contributed by atoms with Gasteiger partial charge in [0.1, 0.15) is 0 Å². The second-order valence-corrected chi connectivity index (χ2v) is 5.45. The Morgan fingerprint density at radius 1 is 1.28 bits per heavy atom. The van der Waals surface area contributed by atoms with E-state index in [0.29, 0.717) is 12.5 Å². The number of carbonyl (C=O) groups excluding carboxylic acids is 1. The van der Waals surface area contributed by atoms with E-state index in [-0.39, 0.29) is 17.9 Å². The maximum absolute atomic E-state index is 11.5. The van der Waals surface area contributed by atoms with Crippen LogP contribution in [0.1, 0.15) is 49.8 Å². The number of hydrogen-bond donors (Lipinski definition) is 2. The van der Waals surface area contributed by atoms with Crippen LogP contribution in [0.4, 0.5) is 0 Å². The molecule has 0 radical (unpaired) electrons. The number of benzene rings is 1. The molecule has 0 heterocycles. The molecule has 0 saturated heterocycles. The van der Waals surface area contributed by atoms with Crippen LogP contribution >= 0.6 is 0 Å². The summed E-state index contributed by atoms with van der Waals surface area (Å²) in [5.41, 5.74) is 8.47. The molecule has 0 aromatic heterocycles. The lowest BCUT2D eigenvalue weighted by Crippen LogP contribution is -2.32. The first-order chi connectivity index (χ1) is 8.58. The van der Waals surface area contributed by atoms with Gasteiger partial charge in [-0.2, -0.15) is 0 Å². The molecule has 1 saturated carbocycles. The first-order valence-electron chi connectivity index (χ1n) is 6.71. The van der Waals surface area contributed by atoms with E-state index in [0.717, 1.165) is 18.4 Å². The summed E-state index contributed by atoms with van der Waals surface area (Å²) < 4.78 is 0. The molecule has 1 aromatic rings. The molecular formula is C15H22N2O. The van der Waals surface area contributed by atoms with Gasteiger partial charge < -0.3 is 11.1 Å². The summed E-state index contributed by atoms with van der Waals surface area (Å²) in [6.07, 6.45) is 2.06. The van der Waals surface area contributed by atoms with Crippen molar-refractivity contribution < 1.29 is 4.79 Å². The average Bonchev–Trinajstić information content (AvgIpc) is 3.20. The summed E-state index contributed by atoms with van der Waals surface area (Å²) in [7, 11) is 0. The summed E-state index contributed by atoms with van der Waals surface area (Å²) in [4.78, 5) is 11.5. The van der Waals surface area contributed by atoms with Gasteiger partial charge in [-0.25, -0.2) is 0 Å². The number of hydrogen-bond acceptors (Lipinski definition) is 2. The summed E-state index contributed by atoms with van der Waals surface area (Å²) in [5.74, 6) is 0.939. The maximum atomic E-state index is 11.5. The Morgan fingerprint density at radius 3 is 2.33 bits per heavy atom. The molecule has 1 amide bonds. The first kappa shape index (κ1) is 13.1. The van der Waals surface area contributed by atoms with Crippen LogP contribution in [0.15, 0.2) is 24.3 Å². The molecule has 2 rings (SSSR count). The standard InChI is InChI=1S/C15H22N2O/c1-10(2)11-3-5-12(6-4-11)14(16)9-17-15(18)13-7-8-13/h3-6,10,13-14H,7-9,16H2,1-2H3,(H,17,18). The molecule has 1 aliphatic carbocycles. The number of nitrogens with two attached hydrogens (primary N) is 1. The van der Waals surface area contributed by atoms with Crippen LogP contribution in [0, 0.1) is 5.92 Å². The fourth-order valence-electron chi connectivity index (χ4n) is 1.95. The summed E-state index contributed by atoms with van der Waals surface area (Å²) in [6.45, 7) is 4.87. The first-order valence-corrected chi connectivity index (χ1v) is 6.71. The molecule has 0 bridgehead atoms. The quantitative estimate of drug-likeness (QED) is 0.838. The van der Waals surface area contributed by atoms with Crippen LogP contribution in [0.5, 0.6) is 0 Å². The van der Waals surface area contributed by atoms with Crippen LogP contribution in [-0.4, -0.2) is 12.5 Å². The molecule has 3 N–H and O–H groups in total. The predicted octanol–water partition coefficient (Wildman–Crippen LogP) is 2.34. The molecule has 1 aliphatic rings. The fraction of sp³-hybridized carbons (Fsp3) is 0.533. The number of rotatable bonds is 5. The average molecular weight is 246 g/mol. The van der Waals surface area contributed by atoms with Crippen molar-refractivity contribution in [1.82, 2.24) is 5.32 Å². The maximum Gasteiger partial charge on any atom is 0.223 e. The van der Waals surface area contributed by atoms with Crippen LogP contribution in [0.2, 0.25) is 0 Å². The molecular weight excluding hydrogens is 224 g/mol. The minimum atomic E-state index is -0.117. The van der Waals surface area contributed by atoms with Gasteiger partial charge >= 0.3 is 0 Å². The van der Waals surface area contributed by atoms with E-state index >= 15 is 0 Å². The van der Waals surface area contributed by atoms with Crippen molar-refractivity contribution >= 4 is 5.91 Å². The minimum Gasteiger partial charge on any atom is -0.354 e. The van der Waals surface area contributed by atoms with E-state index in [1.165, 1.54) is 5.56 Å². The molecule has 1 atom stereocenters. The monoisotopic (exact) mass is 246 g/mol. The minimum absolute atomic E-state index is 0.117. The molecule has 3 heteroatoms. The third-order valence-corrected chi connectivity index (χ3v) is 3.48.